The van der Waals surface area contributed by atoms with E-state index >= 15 is 0 Å². The molecular formula is C11H18N2O4S2. The van der Waals surface area contributed by atoms with Crippen LogP contribution in [-0.2, 0) is 20.0 Å². The highest BCUT2D eigenvalue weighted by atomic mass is 32.2. The van der Waals surface area contributed by atoms with Gasteiger partial charge in [0.05, 0.1) is 10.6 Å². The van der Waals surface area contributed by atoms with Gasteiger partial charge in [-0.15, -0.1) is 0 Å². The molecule has 0 unspecified atom stereocenters. The highest BCUT2D eigenvalue weighted by molar-refractivity contribution is 7.89. The second-order valence-electron chi connectivity index (χ2n) is 4.39. The van der Waals surface area contributed by atoms with Gasteiger partial charge >= 0.3 is 0 Å². The molecule has 0 aliphatic carbocycles. The maximum atomic E-state index is 12.0. The van der Waals surface area contributed by atoms with Crippen molar-refractivity contribution in [2.75, 3.05) is 12.3 Å². The molecule has 0 saturated heterocycles. The molecule has 0 spiro atoms. The van der Waals surface area contributed by atoms with Crippen LogP contribution in [0.1, 0.15) is 17.5 Å². The van der Waals surface area contributed by atoms with Gasteiger partial charge in [-0.2, -0.15) is 0 Å². The molecule has 0 bridgehead atoms. The first kappa shape index (κ1) is 16.1. The summed E-state index contributed by atoms with van der Waals surface area (Å²) in [6, 6.07) is 5.14. The monoisotopic (exact) mass is 306 g/mol. The van der Waals surface area contributed by atoms with Crippen molar-refractivity contribution in [3.63, 3.8) is 0 Å². The molecule has 1 aromatic rings. The minimum atomic E-state index is -3.62. The molecule has 8 heteroatoms. The van der Waals surface area contributed by atoms with Crippen molar-refractivity contribution >= 4 is 20.0 Å². The van der Waals surface area contributed by atoms with Crippen LogP contribution < -0.4 is 9.86 Å². The van der Waals surface area contributed by atoms with E-state index in [4.69, 9.17) is 5.14 Å². The molecule has 0 amide bonds. The lowest BCUT2D eigenvalue weighted by Crippen LogP contribution is -2.28. The zero-order chi connectivity index (χ0) is 14.7. The van der Waals surface area contributed by atoms with Crippen LogP contribution in [0.15, 0.2) is 23.1 Å². The molecule has 0 aliphatic rings. The molecule has 0 aliphatic heterocycles. The van der Waals surface area contributed by atoms with E-state index in [0.717, 1.165) is 5.56 Å². The van der Waals surface area contributed by atoms with Crippen LogP contribution >= 0.6 is 0 Å². The standard InChI is InChI=1S/C11H18N2O4S2/c1-9-4-5-10(2)11(8-9)19(16,17)13-6-3-7-18(12,14)15/h4-5,8,13H,3,6-7H2,1-2H3,(H2,12,14,15). The number of hydrogen-bond acceptors (Lipinski definition) is 4. The highest BCUT2D eigenvalue weighted by Crippen LogP contribution is 2.16. The van der Waals surface area contributed by atoms with E-state index in [-0.39, 0.29) is 23.6 Å². The summed E-state index contributed by atoms with van der Waals surface area (Å²) in [5, 5.41) is 4.84. The number of sulfonamides is 2. The molecule has 0 heterocycles. The van der Waals surface area contributed by atoms with Crippen molar-refractivity contribution in [3.8, 4) is 0 Å². The number of nitrogens with two attached hydrogens (primary N) is 1. The van der Waals surface area contributed by atoms with Gasteiger partial charge in [0.25, 0.3) is 0 Å². The lowest BCUT2D eigenvalue weighted by Gasteiger charge is -2.09. The molecule has 1 aromatic carbocycles. The topological polar surface area (TPSA) is 106 Å². The summed E-state index contributed by atoms with van der Waals surface area (Å²) in [6.07, 6.45) is 0.142. The molecule has 1 rings (SSSR count). The summed E-state index contributed by atoms with van der Waals surface area (Å²) in [7, 11) is -7.17. The second kappa shape index (κ2) is 6.00. The van der Waals surface area contributed by atoms with Crippen LogP contribution in [0, 0.1) is 13.8 Å². The average Bonchev–Trinajstić information content (AvgIpc) is 2.26. The minimum Gasteiger partial charge on any atom is -0.229 e. The molecule has 19 heavy (non-hydrogen) atoms. The van der Waals surface area contributed by atoms with E-state index < -0.39 is 20.0 Å². The minimum absolute atomic E-state index is 0.0339. The number of aryl methyl sites for hydroxylation is 2. The van der Waals surface area contributed by atoms with Crippen molar-refractivity contribution in [3.05, 3.63) is 29.3 Å². The third kappa shape index (κ3) is 5.27. The summed E-state index contributed by atoms with van der Waals surface area (Å²) in [4.78, 5) is 0.211. The lowest BCUT2D eigenvalue weighted by molar-refractivity contribution is 0.576. The predicted octanol–water partition coefficient (Wildman–Crippen LogP) is 0.260. The van der Waals surface area contributed by atoms with Gasteiger partial charge in [-0.25, -0.2) is 26.7 Å². The molecule has 3 N–H and O–H groups in total. The third-order valence-corrected chi connectivity index (χ3v) is 4.99. The summed E-state index contributed by atoms with van der Waals surface area (Å²) in [5.41, 5.74) is 1.49. The van der Waals surface area contributed by atoms with Crippen LogP contribution in [0.2, 0.25) is 0 Å². The Morgan fingerprint density at radius 2 is 1.79 bits per heavy atom. The van der Waals surface area contributed by atoms with E-state index in [1.165, 1.54) is 0 Å². The lowest BCUT2D eigenvalue weighted by atomic mass is 10.2. The first-order valence-electron chi connectivity index (χ1n) is 5.69. The van der Waals surface area contributed by atoms with E-state index in [1.54, 1.807) is 26.0 Å². The molecule has 0 aromatic heterocycles. The van der Waals surface area contributed by atoms with Gasteiger partial charge in [0, 0.05) is 6.54 Å². The largest absolute Gasteiger partial charge is 0.240 e. The predicted molar refractivity (Wildman–Crippen MR) is 73.7 cm³/mol. The number of benzene rings is 1. The fourth-order valence-electron chi connectivity index (χ4n) is 1.55. The van der Waals surface area contributed by atoms with Crippen LogP contribution in [0.3, 0.4) is 0 Å². The molecule has 0 atom stereocenters. The molecular weight excluding hydrogens is 288 g/mol. The molecule has 108 valence electrons. The fourth-order valence-corrected chi connectivity index (χ4v) is 3.50. The van der Waals surface area contributed by atoms with E-state index in [9.17, 15) is 16.8 Å². The molecule has 0 saturated carbocycles. The van der Waals surface area contributed by atoms with Crippen LogP contribution in [0.5, 0.6) is 0 Å². The summed E-state index contributed by atoms with van der Waals surface area (Å²) in [5.74, 6) is -0.248. The Labute approximate surface area is 114 Å². The van der Waals surface area contributed by atoms with Gasteiger partial charge in [0.2, 0.25) is 20.0 Å². The zero-order valence-electron chi connectivity index (χ0n) is 10.9. The van der Waals surface area contributed by atoms with Crippen molar-refractivity contribution in [1.82, 2.24) is 4.72 Å². The first-order valence-corrected chi connectivity index (χ1v) is 8.89. The Morgan fingerprint density at radius 1 is 1.16 bits per heavy atom. The second-order valence-corrected chi connectivity index (χ2v) is 7.86. The zero-order valence-corrected chi connectivity index (χ0v) is 12.5. The Hall–Kier alpha value is -0.960. The Morgan fingerprint density at radius 3 is 2.37 bits per heavy atom. The van der Waals surface area contributed by atoms with Crippen molar-refractivity contribution in [2.24, 2.45) is 5.14 Å². The van der Waals surface area contributed by atoms with Crippen molar-refractivity contribution in [1.29, 1.82) is 0 Å². The van der Waals surface area contributed by atoms with Gasteiger partial charge < -0.3 is 0 Å². The number of hydrogen-bond donors (Lipinski definition) is 2. The maximum Gasteiger partial charge on any atom is 0.240 e. The fraction of sp³-hybridized carbons (Fsp3) is 0.455. The summed E-state index contributed by atoms with van der Waals surface area (Å²) >= 11 is 0. The van der Waals surface area contributed by atoms with Gasteiger partial charge in [0.15, 0.2) is 0 Å². The summed E-state index contributed by atoms with van der Waals surface area (Å²) < 4.78 is 47.9. The number of nitrogens with one attached hydrogen (secondary N) is 1. The van der Waals surface area contributed by atoms with Gasteiger partial charge in [-0.05, 0) is 37.5 Å². The summed E-state index contributed by atoms with van der Waals surface area (Å²) in [6.45, 7) is 3.55. The van der Waals surface area contributed by atoms with Crippen LogP contribution in [0.4, 0.5) is 0 Å². The first-order chi connectivity index (χ1) is 8.62. The highest BCUT2D eigenvalue weighted by Gasteiger charge is 2.16. The molecule has 0 fully saturated rings. The van der Waals surface area contributed by atoms with E-state index in [2.05, 4.69) is 4.72 Å². The SMILES string of the molecule is Cc1ccc(C)c(S(=O)(=O)NCCCS(N)(=O)=O)c1. The third-order valence-electron chi connectivity index (χ3n) is 2.53. The smallest absolute Gasteiger partial charge is 0.229 e. The van der Waals surface area contributed by atoms with Crippen LogP contribution in [-0.4, -0.2) is 29.1 Å². The molecule has 0 radical (unpaired) electrons. The molecule has 6 nitrogen and oxygen atoms in total. The Bertz CT molecular complexity index is 651. The van der Waals surface area contributed by atoms with E-state index in [1.807, 2.05) is 6.07 Å². The quantitative estimate of drug-likeness (QED) is 0.735. The van der Waals surface area contributed by atoms with Crippen molar-refractivity contribution in [2.45, 2.75) is 25.2 Å². The Balaban J connectivity index is 2.74. The van der Waals surface area contributed by atoms with Gasteiger partial charge in [-0.1, -0.05) is 12.1 Å². The number of primary sulfonamides is 1. The van der Waals surface area contributed by atoms with Crippen molar-refractivity contribution < 1.29 is 16.8 Å². The van der Waals surface area contributed by atoms with E-state index in [0.29, 0.717) is 5.56 Å². The maximum absolute atomic E-state index is 12.0. The Kier molecular flexibility index (Phi) is 5.08. The van der Waals surface area contributed by atoms with Gasteiger partial charge in [-0.3, -0.25) is 0 Å². The van der Waals surface area contributed by atoms with Gasteiger partial charge in [0.1, 0.15) is 0 Å². The number of rotatable bonds is 6. The average molecular weight is 306 g/mol. The normalized spacial score (nSPS) is 12.6. The van der Waals surface area contributed by atoms with Crippen LogP contribution in [0.25, 0.3) is 0 Å².